The number of unbranched alkanes of at least 4 members (excludes halogenated alkanes) is 18. The van der Waals surface area contributed by atoms with Crippen molar-refractivity contribution in [1.29, 1.82) is 0 Å². The second-order valence-electron chi connectivity index (χ2n) is 15.1. The molecule has 1 N–H and O–H groups in total. The molecule has 1 atom stereocenters. The molecular formula is C52H88O4. The predicted molar refractivity (Wildman–Crippen MR) is 246 cm³/mol. The predicted octanol–water partition coefficient (Wildman–Crippen LogP) is 15.7. The van der Waals surface area contributed by atoms with Crippen LogP contribution in [0.1, 0.15) is 200 Å². The minimum Gasteiger partial charge on any atom is -0.457 e. The molecule has 0 fully saturated rings. The summed E-state index contributed by atoms with van der Waals surface area (Å²) in [6, 6.07) is 0. The van der Waals surface area contributed by atoms with E-state index >= 15 is 0 Å². The third-order valence-corrected chi connectivity index (χ3v) is 9.64. The van der Waals surface area contributed by atoms with Crippen LogP contribution in [0.3, 0.4) is 0 Å². The van der Waals surface area contributed by atoms with Gasteiger partial charge in [0.25, 0.3) is 0 Å². The lowest BCUT2D eigenvalue weighted by Crippen LogP contribution is -2.27. The number of hydrogen-bond donors (Lipinski definition) is 1. The van der Waals surface area contributed by atoms with E-state index in [9.17, 15) is 9.90 Å². The lowest BCUT2D eigenvalue weighted by molar-refractivity contribution is -0.154. The minimum atomic E-state index is -0.552. The first kappa shape index (κ1) is 53.3. The first-order valence-electron chi connectivity index (χ1n) is 23.3. The van der Waals surface area contributed by atoms with Crippen molar-refractivity contribution in [2.24, 2.45) is 0 Å². The highest BCUT2D eigenvalue weighted by Gasteiger charge is 2.13. The molecule has 0 aliphatic carbocycles. The Balaban J connectivity index is 3.52. The Hall–Kier alpha value is -2.69. The Morgan fingerprint density at radius 3 is 1.21 bits per heavy atom. The number of aliphatic hydroxyl groups is 1. The van der Waals surface area contributed by atoms with Gasteiger partial charge in [-0.2, -0.15) is 0 Å². The summed E-state index contributed by atoms with van der Waals surface area (Å²) in [4.78, 5) is 12.2. The summed E-state index contributed by atoms with van der Waals surface area (Å²) >= 11 is 0. The minimum absolute atomic E-state index is 0.185. The first-order valence-corrected chi connectivity index (χ1v) is 23.3. The maximum absolute atomic E-state index is 12.2. The molecule has 0 rings (SSSR count). The number of allylic oxidation sites excluding steroid dienone is 16. The van der Waals surface area contributed by atoms with Crippen LogP contribution in [0, 0.1) is 0 Å². The number of esters is 1. The zero-order valence-corrected chi connectivity index (χ0v) is 36.6. The Kier molecular flexibility index (Phi) is 46.1. The van der Waals surface area contributed by atoms with Gasteiger partial charge in [-0.15, -0.1) is 0 Å². The monoisotopic (exact) mass is 777 g/mol. The van der Waals surface area contributed by atoms with E-state index in [1.165, 1.54) is 109 Å². The Bertz CT molecular complexity index is 1040. The molecule has 0 aromatic carbocycles. The van der Waals surface area contributed by atoms with Crippen LogP contribution >= 0.6 is 0 Å². The SMILES string of the molecule is CC/C=C\C/C=C\C/C=C\C/C=C\C/C=C\C/C=C\CCCCCCCCCOCC(CO)OC(=O)CCCCCCCCC/C=C\C/C=C\CCCCCC. The maximum Gasteiger partial charge on any atom is 0.306 e. The van der Waals surface area contributed by atoms with Crippen molar-refractivity contribution in [3.63, 3.8) is 0 Å². The summed E-state index contributed by atoms with van der Waals surface area (Å²) in [6.07, 6.45) is 69.0. The molecule has 0 saturated carbocycles. The van der Waals surface area contributed by atoms with Crippen LogP contribution in [0.4, 0.5) is 0 Å². The molecule has 0 amide bonds. The Labute approximate surface area is 347 Å². The summed E-state index contributed by atoms with van der Waals surface area (Å²) in [5.41, 5.74) is 0. The lowest BCUT2D eigenvalue weighted by Gasteiger charge is -2.15. The molecule has 0 spiro atoms. The molecule has 0 aliphatic heterocycles. The number of hydrogen-bond acceptors (Lipinski definition) is 4. The van der Waals surface area contributed by atoms with E-state index < -0.39 is 6.10 Å². The van der Waals surface area contributed by atoms with Crippen molar-refractivity contribution in [2.45, 2.75) is 206 Å². The number of carbonyl (C=O) groups is 1. The smallest absolute Gasteiger partial charge is 0.306 e. The van der Waals surface area contributed by atoms with Gasteiger partial charge in [-0.05, 0) is 96.3 Å². The van der Waals surface area contributed by atoms with Gasteiger partial charge < -0.3 is 14.6 Å². The summed E-state index contributed by atoms with van der Waals surface area (Å²) in [5, 5.41) is 9.63. The van der Waals surface area contributed by atoms with E-state index in [1.54, 1.807) is 0 Å². The summed E-state index contributed by atoms with van der Waals surface area (Å²) in [5.74, 6) is -0.216. The van der Waals surface area contributed by atoms with Crippen molar-refractivity contribution < 1.29 is 19.4 Å². The summed E-state index contributed by atoms with van der Waals surface area (Å²) in [7, 11) is 0. The van der Waals surface area contributed by atoms with Gasteiger partial charge >= 0.3 is 5.97 Å². The van der Waals surface area contributed by atoms with Crippen LogP contribution in [0.2, 0.25) is 0 Å². The molecule has 0 heterocycles. The third-order valence-electron chi connectivity index (χ3n) is 9.64. The van der Waals surface area contributed by atoms with Crippen molar-refractivity contribution in [2.75, 3.05) is 19.8 Å². The largest absolute Gasteiger partial charge is 0.457 e. The lowest BCUT2D eigenvalue weighted by atomic mass is 10.1. The summed E-state index contributed by atoms with van der Waals surface area (Å²) < 4.78 is 11.2. The van der Waals surface area contributed by atoms with Gasteiger partial charge in [-0.3, -0.25) is 4.79 Å². The van der Waals surface area contributed by atoms with Crippen molar-refractivity contribution in [3.8, 4) is 0 Å². The third kappa shape index (κ3) is 45.7. The number of ether oxygens (including phenoxy) is 2. The topological polar surface area (TPSA) is 55.8 Å². The molecule has 0 aromatic rings. The number of rotatable bonds is 42. The molecule has 4 heteroatoms. The fourth-order valence-electron chi connectivity index (χ4n) is 6.18. The second kappa shape index (κ2) is 48.5. The van der Waals surface area contributed by atoms with Gasteiger partial charge in [-0.1, -0.05) is 195 Å². The van der Waals surface area contributed by atoms with Crippen molar-refractivity contribution in [3.05, 3.63) is 97.2 Å². The van der Waals surface area contributed by atoms with Gasteiger partial charge in [0.05, 0.1) is 13.2 Å². The number of carbonyl (C=O) groups excluding carboxylic acids is 1. The molecule has 0 aromatic heterocycles. The van der Waals surface area contributed by atoms with Gasteiger partial charge in [0.15, 0.2) is 0 Å². The standard InChI is InChI=1S/C52H88O4/c1-3-5-7-9-11-13-15-17-19-21-23-24-25-26-27-28-29-30-32-34-36-38-40-42-44-46-48-55-50-51(49-53)56-52(54)47-45-43-41-39-37-35-33-31-22-20-18-16-14-12-10-8-6-4-2/h5,7,11,13-14,16-17,19-20,22-24,26-27,29-30,51,53H,3-4,6,8-10,12,15,18,21,25,28,31-50H2,1-2H3/b7-5-,13-11-,16-14-,19-17-,22-20-,24-23-,27-26-,30-29-. The van der Waals surface area contributed by atoms with Crippen molar-refractivity contribution >= 4 is 5.97 Å². The molecule has 0 saturated heterocycles. The second-order valence-corrected chi connectivity index (χ2v) is 15.1. The van der Waals surface area contributed by atoms with Gasteiger partial charge in [0.2, 0.25) is 0 Å². The van der Waals surface area contributed by atoms with Crippen LogP contribution in [0.25, 0.3) is 0 Å². The van der Waals surface area contributed by atoms with Crippen LogP contribution in [-0.4, -0.2) is 37.0 Å². The Morgan fingerprint density at radius 1 is 0.446 bits per heavy atom. The molecule has 56 heavy (non-hydrogen) atoms. The van der Waals surface area contributed by atoms with E-state index in [-0.39, 0.29) is 19.2 Å². The zero-order chi connectivity index (χ0) is 40.5. The van der Waals surface area contributed by atoms with Gasteiger partial charge in [-0.25, -0.2) is 0 Å². The average Bonchev–Trinajstić information content (AvgIpc) is 3.20. The van der Waals surface area contributed by atoms with Gasteiger partial charge in [0.1, 0.15) is 6.10 Å². The molecule has 4 nitrogen and oxygen atoms in total. The zero-order valence-electron chi connectivity index (χ0n) is 36.6. The molecule has 0 radical (unpaired) electrons. The normalized spacial score (nSPS) is 13.3. The van der Waals surface area contributed by atoms with E-state index in [1.807, 2.05) is 0 Å². The van der Waals surface area contributed by atoms with E-state index in [0.29, 0.717) is 13.0 Å². The highest BCUT2D eigenvalue weighted by atomic mass is 16.6. The van der Waals surface area contributed by atoms with E-state index in [2.05, 4.69) is 111 Å². The molecule has 0 bridgehead atoms. The number of aliphatic hydroxyl groups excluding tert-OH is 1. The Morgan fingerprint density at radius 2 is 0.804 bits per heavy atom. The van der Waals surface area contributed by atoms with Crippen molar-refractivity contribution in [1.82, 2.24) is 0 Å². The van der Waals surface area contributed by atoms with Crippen LogP contribution < -0.4 is 0 Å². The molecular weight excluding hydrogens is 689 g/mol. The molecule has 320 valence electrons. The van der Waals surface area contributed by atoms with E-state index in [4.69, 9.17) is 9.47 Å². The first-order chi connectivity index (χ1) is 27.7. The molecule has 1 unspecified atom stereocenters. The average molecular weight is 777 g/mol. The van der Waals surface area contributed by atoms with Crippen LogP contribution in [-0.2, 0) is 14.3 Å². The van der Waals surface area contributed by atoms with Crippen LogP contribution in [0.15, 0.2) is 97.2 Å². The van der Waals surface area contributed by atoms with E-state index in [0.717, 1.165) is 70.6 Å². The highest BCUT2D eigenvalue weighted by molar-refractivity contribution is 5.69. The van der Waals surface area contributed by atoms with Gasteiger partial charge in [0, 0.05) is 13.0 Å². The summed E-state index contributed by atoms with van der Waals surface area (Å²) in [6.45, 7) is 5.17. The molecule has 0 aliphatic rings. The highest BCUT2D eigenvalue weighted by Crippen LogP contribution is 2.12. The maximum atomic E-state index is 12.2. The van der Waals surface area contributed by atoms with Crippen LogP contribution in [0.5, 0.6) is 0 Å². The quantitative estimate of drug-likeness (QED) is 0.0381. The fourth-order valence-corrected chi connectivity index (χ4v) is 6.18. The fraction of sp³-hybridized carbons (Fsp3) is 0.673.